The maximum absolute atomic E-state index is 4.15. The molecular formula is C6H8N6. The zero-order valence-electron chi connectivity index (χ0n) is 6.84. The minimum absolute atomic E-state index is 0.298. The van der Waals surface area contributed by atoms with Crippen molar-refractivity contribution in [3.8, 4) is 0 Å². The molecule has 0 bridgehead atoms. The van der Waals surface area contributed by atoms with Crippen LogP contribution in [0.4, 0.5) is 0 Å². The molecule has 6 heteroatoms. The normalized spacial score (nSPS) is 11.2. The first-order valence-corrected chi connectivity index (χ1v) is 3.68. The minimum atomic E-state index is 0.298. The molecule has 2 rings (SSSR count). The smallest absolute Gasteiger partial charge is 0.221 e. The van der Waals surface area contributed by atoms with Gasteiger partial charge in [-0.05, 0) is 10.4 Å². The van der Waals surface area contributed by atoms with Crippen LogP contribution in [0, 0.1) is 0 Å². The molecule has 0 N–H and O–H groups in total. The molecule has 0 aromatic carbocycles. The van der Waals surface area contributed by atoms with Gasteiger partial charge in [0.2, 0.25) is 0 Å². The lowest BCUT2D eigenvalue weighted by Gasteiger charge is -2.00. The maximum atomic E-state index is 4.15. The largest absolute Gasteiger partial charge is 0.276 e. The Labute approximate surface area is 68.6 Å². The van der Waals surface area contributed by atoms with E-state index in [4.69, 9.17) is 0 Å². The van der Waals surface area contributed by atoms with Crippen LogP contribution in [0.1, 0.15) is 25.6 Å². The van der Waals surface area contributed by atoms with E-state index in [-0.39, 0.29) is 0 Å². The molecule has 0 saturated heterocycles. The Bertz CT molecular complexity index is 392. The molecule has 0 radical (unpaired) electrons. The summed E-state index contributed by atoms with van der Waals surface area (Å²) in [6, 6.07) is 0. The third-order valence-electron chi connectivity index (χ3n) is 1.51. The van der Waals surface area contributed by atoms with Crippen LogP contribution in [0.3, 0.4) is 0 Å². The molecule has 0 amide bonds. The van der Waals surface area contributed by atoms with Crippen molar-refractivity contribution in [1.82, 2.24) is 30.0 Å². The van der Waals surface area contributed by atoms with Crippen LogP contribution in [0.15, 0.2) is 6.33 Å². The van der Waals surface area contributed by atoms with Gasteiger partial charge in [0, 0.05) is 5.92 Å². The van der Waals surface area contributed by atoms with Gasteiger partial charge in [-0.2, -0.15) is 9.50 Å². The number of fused-ring (bicyclic) bond motifs is 1. The Morgan fingerprint density at radius 2 is 2.25 bits per heavy atom. The van der Waals surface area contributed by atoms with Gasteiger partial charge in [0.05, 0.1) is 0 Å². The van der Waals surface area contributed by atoms with Crippen molar-refractivity contribution >= 4 is 5.78 Å². The van der Waals surface area contributed by atoms with Crippen LogP contribution in [-0.2, 0) is 0 Å². The Morgan fingerprint density at radius 1 is 1.42 bits per heavy atom. The second-order valence-corrected chi connectivity index (χ2v) is 2.79. The molecule has 62 valence electrons. The summed E-state index contributed by atoms with van der Waals surface area (Å²) in [5.74, 6) is 1.55. The first kappa shape index (κ1) is 7.08. The lowest BCUT2D eigenvalue weighted by molar-refractivity contribution is 0.738. The molecule has 0 aliphatic carbocycles. The number of hydrogen-bond acceptors (Lipinski definition) is 5. The minimum Gasteiger partial charge on any atom is -0.221 e. The van der Waals surface area contributed by atoms with E-state index in [9.17, 15) is 0 Å². The van der Waals surface area contributed by atoms with E-state index in [1.165, 1.54) is 4.52 Å². The molecule has 0 fully saturated rings. The summed E-state index contributed by atoms with van der Waals surface area (Å²) < 4.78 is 1.44. The molecule has 6 nitrogen and oxygen atoms in total. The third-order valence-corrected chi connectivity index (χ3v) is 1.51. The van der Waals surface area contributed by atoms with Crippen molar-refractivity contribution in [2.75, 3.05) is 0 Å². The van der Waals surface area contributed by atoms with Gasteiger partial charge in [-0.15, -0.1) is 0 Å². The SMILES string of the molecule is CC(C)c1ncn2nnnc2n1. The molecule has 0 spiro atoms. The summed E-state index contributed by atoms with van der Waals surface area (Å²) in [6.07, 6.45) is 1.57. The summed E-state index contributed by atoms with van der Waals surface area (Å²) in [4.78, 5) is 8.24. The maximum Gasteiger partial charge on any atom is 0.276 e. The van der Waals surface area contributed by atoms with Crippen LogP contribution in [-0.4, -0.2) is 30.0 Å². The second kappa shape index (κ2) is 2.47. The van der Waals surface area contributed by atoms with Crippen molar-refractivity contribution in [2.24, 2.45) is 0 Å². The average molecular weight is 164 g/mol. The summed E-state index contributed by atoms with van der Waals surface area (Å²) in [5, 5.41) is 10.8. The number of nitrogens with zero attached hydrogens (tertiary/aromatic N) is 6. The molecule has 0 saturated carbocycles. The van der Waals surface area contributed by atoms with Gasteiger partial charge in [0.15, 0.2) is 0 Å². The summed E-state index contributed by atoms with van der Waals surface area (Å²) in [6.45, 7) is 4.05. The highest BCUT2D eigenvalue weighted by atomic mass is 15.5. The van der Waals surface area contributed by atoms with E-state index >= 15 is 0 Å². The molecule has 0 atom stereocenters. The zero-order valence-corrected chi connectivity index (χ0v) is 6.84. The van der Waals surface area contributed by atoms with Crippen LogP contribution in [0.25, 0.3) is 5.78 Å². The lowest BCUT2D eigenvalue weighted by Crippen LogP contribution is -2.01. The van der Waals surface area contributed by atoms with E-state index in [1.54, 1.807) is 6.33 Å². The van der Waals surface area contributed by atoms with Gasteiger partial charge < -0.3 is 0 Å². The summed E-state index contributed by atoms with van der Waals surface area (Å²) in [7, 11) is 0. The monoisotopic (exact) mass is 164 g/mol. The highest BCUT2D eigenvalue weighted by molar-refractivity contribution is 5.21. The fourth-order valence-corrected chi connectivity index (χ4v) is 0.861. The van der Waals surface area contributed by atoms with Gasteiger partial charge in [-0.1, -0.05) is 18.9 Å². The van der Waals surface area contributed by atoms with Gasteiger partial charge in [0.25, 0.3) is 5.78 Å². The fraction of sp³-hybridized carbons (Fsp3) is 0.500. The van der Waals surface area contributed by atoms with Crippen molar-refractivity contribution in [2.45, 2.75) is 19.8 Å². The number of rotatable bonds is 1. The molecule has 0 unspecified atom stereocenters. The van der Waals surface area contributed by atoms with Crippen molar-refractivity contribution in [3.63, 3.8) is 0 Å². The Morgan fingerprint density at radius 3 is 3.00 bits per heavy atom. The Kier molecular flexibility index (Phi) is 1.46. The number of hydrogen-bond donors (Lipinski definition) is 0. The predicted molar refractivity (Wildman–Crippen MR) is 40.5 cm³/mol. The van der Waals surface area contributed by atoms with Crippen molar-refractivity contribution < 1.29 is 0 Å². The molecule has 2 heterocycles. The molecule has 0 aliphatic rings. The second-order valence-electron chi connectivity index (χ2n) is 2.79. The van der Waals surface area contributed by atoms with Crippen LogP contribution in [0.5, 0.6) is 0 Å². The number of aromatic nitrogens is 6. The van der Waals surface area contributed by atoms with Gasteiger partial charge in [0.1, 0.15) is 12.2 Å². The van der Waals surface area contributed by atoms with E-state index in [0.717, 1.165) is 5.82 Å². The fourth-order valence-electron chi connectivity index (χ4n) is 0.861. The van der Waals surface area contributed by atoms with E-state index in [0.29, 0.717) is 11.7 Å². The third kappa shape index (κ3) is 1.01. The quantitative estimate of drug-likeness (QED) is 0.595. The van der Waals surface area contributed by atoms with Gasteiger partial charge in [-0.25, -0.2) is 4.98 Å². The molecule has 0 aliphatic heterocycles. The molecule has 2 aromatic heterocycles. The van der Waals surface area contributed by atoms with Crippen LogP contribution < -0.4 is 0 Å². The van der Waals surface area contributed by atoms with Gasteiger partial charge >= 0.3 is 0 Å². The standard InChI is InChI=1S/C6H8N6/c1-4(2)5-7-3-12-6(8-5)9-10-11-12/h3-4H,1-2H3. The van der Waals surface area contributed by atoms with Crippen molar-refractivity contribution in [3.05, 3.63) is 12.2 Å². The Hall–Kier alpha value is -1.59. The van der Waals surface area contributed by atoms with E-state index in [1.807, 2.05) is 13.8 Å². The molecular weight excluding hydrogens is 156 g/mol. The zero-order chi connectivity index (χ0) is 8.55. The summed E-state index contributed by atoms with van der Waals surface area (Å²) >= 11 is 0. The topological polar surface area (TPSA) is 68.9 Å². The molecule has 12 heavy (non-hydrogen) atoms. The highest BCUT2D eigenvalue weighted by Crippen LogP contribution is 2.06. The Balaban J connectivity index is 2.60. The average Bonchev–Trinajstić information content (AvgIpc) is 2.49. The van der Waals surface area contributed by atoms with Crippen LogP contribution in [0.2, 0.25) is 0 Å². The van der Waals surface area contributed by atoms with E-state index < -0.39 is 0 Å². The van der Waals surface area contributed by atoms with Gasteiger partial charge in [-0.3, -0.25) is 0 Å². The molecule has 2 aromatic rings. The lowest BCUT2D eigenvalue weighted by atomic mass is 10.2. The highest BCUT2D eigenvalue weighted by Gasteiger charge is 2.04. The number of tetrazole rings is 1. The first-order chi connectivity index (χ1) is 5.77. The predicted octanol–water partition coefficient (Wildman–Crippen LogP) is 0.0377. The van der Waals surface area contributed by atoms with Crippen LogP contribution >= 0.6 is 0 Å². The van der Waals surface area contributed by atoms with E-state index in [2.05, 4.69) is 25.5 Å². The summed E-state index contributed by atoms with van der Waals surface area (Å²) in [5.41, 5.74) is 0. The van der Waals surface area contributed by atoms with Crippen molar-refractivity contribution in [1.29, 1.82) is 0 Å². The first-order valence-electron chi connectivity index (χ1n) is 3.68.